The summed E-state index contributed by atoms with van der Waals surface area (Å²) in [6.45, 7) is 63.9. The van der Waals surface area contributed by atoms with Gasteiger partial charge in [0.2, 0.25) is 0 Å². The van der Waals surface area contributed by atoms with Gasteiger partial charge in [-0.1, -0.05) is 199 Å². The van der Waals surface area contributed by atoms with Gasteiger partial charge in [0.05, 0.1) is 18.6 Å². The molecule has 0 spiro atoms. The van der Waals surface area contributed by atoms with Crippen LogP contribution in [0.15, 0.2) is 0 Å². The van der Waals surface area contributed by atoms with Crippen molar-refractivity contribution in [3.05, 3.63) is 0 Å². The molecular formula is C74H150O16Si8. The summed E-state index contributed by atoms with van der Waals surface area (Å²) in [4.78, 5) is 12.5. The van der Waals surface area contributed by atoms with Gasteiger partial charge in [0.15, 0.2) is 0 Å². The number of ether oxygens (including phenoxy) is 1. The molecule has 24 heteroatoms. The maximum atomic E-state index is 12.5. The molecule has 574 valence electrons. The minimum atomic E-state index is -3.92. The summed E-state index contributed by atoms with van der Waals surface area (Å²) in [6.07, 6.45) is 17.3. The SMILES string of the molecule is CC(C)CCC[C@@H](C)C1CCC2C3CCC4CC(OC(=O)C(C)(C)C)CC[C@]4(C)C3CC[C@@]21C.CC(C)C[Si]12O[Si]3(CC(C)C)O[Si]4(CC(C)C)O[Si](CC(C)C)(O1)O[Si]1(CC(C)C)O[Si](CC(C)C)(O2)O[Si](CC(C)C)(O3)O[Si](CC(C)(C)C)(O4)O1.CCC(CO)(CO)C(C)(C)C. The van der Waals surface area contributed by atoms with E-state index in [0.29, 0.717) is 59.2 Å². The molecule has 0 radical (unpaired) electrons. The highest BCUT2D eigenvalue weighted by atomic mass is 28.6. The Bertz CT molecular complexity index is 2410. The lowest BCUT2D eigenvalue weighted by atomic mass is 9.44. The second-order valence-electron chi connectivity index (χ2n) is 40.1. The van der Waals surface area contributed by atoms with Gasteiger partial charge in [0.25, 0.3) is 0 Å². The summed E-state index contributed by atoms with van der Waals surface area (Å²) < 4.78 is 99.4. The number of aliphatic hydroxyl groups excluding tert-OH is 2. The van der Waals surface area contributed by atoms with E-state index in [9.17, 15) is 4.79 Å². The molecule has 10 aliphatic rings. The molecule has 6 saturated heterocycles. The van der Waals surface area contributed by atoms with E-state index in [1.54, 1.807) is 0 Å². The summed E-state index contributed by atoms with van der Waals surface area (Å²) in [5, 5.41) is 18.3. The Morgan fingerprint density at radius 2 is 0.796 bits per heavy atom. The number of hydrogen-bond donors (Lipinski definition) is 2. The van der Waals surface area contributed by atoms with Gasteiger partial charge in [-0.3, -0.25) is 4.79 Å². The molecule has 6 heterocycles. The molecule has 98 heavy (non-hydrogen) atoms. The molecule has 8 bridgehead atoms. The van der Waals surface area contributed by atoms with Crippen LogP contribution in [0.2, 0.25) is 48.4 Å². The van der Waals surface area contributed by atoms with Crippen LogP contribution in [0.3, 0.4) is 0 Å². The van der Waals surface area contributed by atoms with E-state index in [-0.39, 0.29) is 83.0 Å². The highest BCUT2D eigenvalue weighted by Crippen LogP contribution is 2.69. The smallest absolute Gasteiger partial charge is 0.462 e. The first kappa shape index (κ1) is 85.9. The average Bonchev–Trinajstić information content (AvgIpc) is 0.759. The lowest BCUT2D eigenvalue weighted by Crippen LogP contribution is -2.89. The molecule has 4 saturated carbocycles. The summed E-state index contributed by atoms with van der Waals surface area (Å²) >= 11 is 0. The van der Waals surface area contributed by atoms with Gasteiger partial charge in [-0.15, -0.1) is 0 Å². The van der Waals surface area contributed by atoms with E-state index in [2.05, 4.69) is 152 Å². The first-order chi connectivity index (χ1) is 44.9. The molecule has 0 aromatic rings. The molecule has 10 fully saturated rings. The van der Waals surface area contributed by atoms with Gasteiger partial charge in [-0.05, 0) is 189 Å². The zero-order valence-corrected chi connectivity index (χ0v) is 76.0. The van der Waals surface area contributed by atoms with Crippen molar-refractivity contribution in [1.29, 1.82) is 0 Å². The number of fused-ring (bicyclic) bond motifs is 5. The summed E-state index contributed by atoms with van der Waals surface area (Å²) in [5.74, 6) is 7.22. The Balaban J connectivity index is 0.000000255. The first-order valence-electron chi connectivity index (χ1n) is 39.7. The summed E-state index contributed by atoms with van der Waals surface area (Å²) in [7, 11) is -31.1. The molecule has 0 aromatic heterocycles. The monoisotopic (exact) mass is 1520 g/mol. The Kier molecular flexibility index (Phi) is 28.1. The van der Waals surface area contributed by atoms with Gasteiger partial charge in [-0.25, -0.2) is 0 Å². The zero-order chi connectivity index (χ0) is 73.7. The van der Waals surface area contributed by atoms with Gasteiger partial charge >= 0.3 is 76.4 Å². The quantitative estimate of drug-likeness (QED) is 0.0688. The lowest BCUT2D eigenvalue weighted by Gasteiger charge is -2.64. The molecule has 2 N–H and O–H groups in total. The van der Waals surface area contributed by atoms with Crippen molar-refractivity contribution in [2.75, 3.05) is 13.2 Å². The van der Waals surface area contributed by atoms with E-state index in [0.717, 1.165) is 60.7 Å². The molecular weight excluding hydrogens is 1370 g/mol. The number of carbonyl (C=O) groups is 1. The molecule has 10 rings (SSSR count). The third kappa shape index (κ3) is 20.1. The Labute approximate surface area is 609 Å². The minimum Gasteiger partial charge on any atom is -0.462 e. The molecule has 6 unspecified atom stereocenters. The van der Waals surface area contributed by atoms with Crippen LogP contribution in [0.5, 0.6) is 0 Å². The predicted octanol–water partition coefficient (Wildman–Crippen LogP) is 19.9. The van der Waals surface area contributed by atoms with Gasteiger partial charge in [0, 0.05) is 53.8 Å². The van der Waals surface area contributed by atoms with Crippen LogP contribution in [0.25, 0.3) is 0 Å². The van der Waals surface area contributed by atoms with Gasteiger partial charge in [0.1, 0.15) is 6.10 Å². The minimum absolute atomic E-state index is 0.0114. The number of esters is 1. The van der Waals surface area contributed by atoms with E-state index >= 15 is 0 Å². The topological polar surface area (TPSA) is 178 Å². The summed E-state index contributed by atoms with van der Waals surface area (Å²) in [5.41, 5.74) is 0.0202. The van der Waals surface area contributed by atoms with Crippen LogP contribution in [0.4, 0.5) is 0 Å². The number of carbonyl (C=O) groups excluding carboxylic acids is 1. The van der Waals surface area contributed by atoms with E-state index < -0.39 is 75.9 Å². The molecule has 9 atom stereocenters. The largest absolute Gasteiger partial charge is 0.479 e. The fraction of sp³-hybridized carbons (Fsp3) is 0.986. The predicted molar refractivity (Wildman–Crippen MR) is 410 cm³/mol. The Morgan fingerprint density at radius 1 is 0.449 bits per heavy atom. The third-order valence-corrected chi connectivity index (χ3v) is 64.2. The molecule has 16 nitrogen and oxygen atoms in total. The second kappa shape index (κ2) is 32.1. The van der Waals surface area contributed by atoms with Gasteiger partial charge < -0.3 is 64.3 Å². The fourth-order valence-corrected chi connectivity index (χ4v) is 71.3. The van der Waals surface area contributed by atoms with Crippen LogP contribution in [0.1, 0.15) is 284 Å². The van der Waals surface area contributed by atoms with Crippen molar-refractivity contribution in [3.63, 3.8) is 0 Å². The van der Waals surface area contributed by atoms with Crippen LogP contribution in [-0.4, -0.2) is 106 Å². The number of hydrogen-bond acceptors (Lipinski definition) is 16. The van der Waals surface area contributed by atoms with Gasteiger partial charge in [-0.2, -0.15) is 0 Å². The average molecular weight is 1520 g/mol. The van der Waals surface area contributed by atoms with Crippen molar-refractivity contribution in [3.8, 4) is 0 Å². The zero-order valence-electron chi connectivity index (χ0n) is 68.0. The number of rotatable bonds is 24. The first-order valence-corrected chi connectivity index (χ1v) is 55.2. The highest BCUT2D eigenvalue weighted by Gasteiger charge is 2.84. The van der Waals surface area contributed by atoms with Crippen LogP contribution < -0.4 is 0 Å². The molecule has 0 aromatic carbocycles. The lowest BCUT2D eigenvalue weighted by molar-refractivity contribution is -0.170. The highest BCUT2D eigenvalue weighted by molar-refractivity contribution is 7.03. The van der Waals surface area contributed by atoms with Crippen molar-refractivity contribution in [2.24, 2.45) is 115 Å². The number of aliphatic hydroxyl groups is 2. The van der Waals surface area contributed by atoms with Crippen LogP contribution in [0, 0.1) is 115 Å². The normalized spacial score (nSPS) is 39.0. The van der Waals surface area contributed by atoms with E-state index in [1.165, 1.54) is 64.2 Å². The maximum Gasteiger partial charge on any atom is 0.479 e. The standard InChI is InChI=1S/C33H74O12Si8.C32H56O2.C9H20O2/c1-26(2)18-46-34-47(19-27(3)4)37-50(22-30(9)10)39-48(35-46,20-28(5)6)41-52(24-32(13)14)42-49(36-46,21-29(7)8)40-51(38-47,23-31(11)12)44-53(43-50,45-52)25-33(15,16)17;1-21(2)10-9-11-22(3)26-14-15-27-25-13-12-23-20-24(34-29(33)30(4,5)6)16-18-31(23,7)28(25)17-19-32(26,27)8;1-5-9(6-10,7-11)8(2,3)4/h26-32H,18-25H2,1-17H3;21-28H,9-20H2,1-8H3;10-11H,5-7H2,1-4H3/t;22-,23?,24?,25?,26?,27?,28?,31+,32-;/m.1./s1. The Hall–Kier alpha value is 0.645. The van der Waals surface area contributed by atoms with Crippen LogP contribution in [-0.2, 0) is 58.9 Å². The maximum absolute atomic E-state index is 12.5. The van der Waals surface area contributed by atoms with Crippen molar-refractivity contribution in [1.82, 2.24) is 0 Å². The van der Waals surface area contributed by atoms with Crippen molar-refractivity contribution < 1.29 is 69.1 Å². The van der Waals surface area contributed by atoms with Crippen molar-refractivity contribution in [2.45, 2.75) is 339 Å². The third-order valence-electron chi connectivity index (χ3n) is 23.7. The molecule has 4 aliphatic carbocycles. The fourth-order valence-electron chi connectivity index (χ4n) is 19.4. The Morgan fingerprint density at radius 3 is 1.09 bits per heavy atom. The second-order valence-corrected chi connectivity index (χ2v) is 64.0. The van der Waals surface area contributed by atoms with Crippen LogP contribution >= 0.6 is 0 Å². The van der Waals surface area contributed by atoms with Crippen molar-refractivity contribution >= 4 is 76.4 Å². The molecule has 6 aliphatic heterocycles. The van der Waals surface area contributed by atoms with E-state index in [4.69, 9.17) is 64.3 Å². The van der Waals surface area contributed by atoms with E-state index in [1.807, 2.05) is 48.5 Å². The molecule has 0 amide bonds. The summed E-state index contributed by atoms with van der Waals surface area (Å²) in [6, 6.07) is 4.01.